The highest BCUT2D eigenvalue weighted by Gasteiger charge is 2.46. The number of anilines is 2. The van der Waals surface area contributed by atoms with E-state index in [9.17, 15) is 28.5 Å². The van der Waals surface area contributed by atoms with E-state index in [2.05, 4.69) is 30.6 Å². The fraction of sp³-hybridized carbons (Fsp3) is 0.333. The fourth-order valence-corrected chi connectivity index (χ4v) is 10.4. The molecule has 23 heteroatoms. The zero-order valence-corrected chi connectivity index (χ0v) is 43.8. The average molecular weight is 1070 g/mol. The molecule has 7 atom stereocenters. The molecule has 5 heterocycles. The molecule has 0 spiro atoms. The minimum Gasteiger partial charge on any atom is -0.497 e. The van der Waals surface area contributed by atoms with E-state index in [1.54, 1.807) is 58.4 Å². The number of nitrogens with zero attached hydrogens (tertiary/aromatic N) is 5. The zero-order valence-electron chi connectivity index (χ0n) is 42.9. The van der Waals surface area contributed by atoms with Crippen molar-refractivity contribution in [3.05, 3.63) is 171 Å². The summed E-state index contributed by atoms with van der Waals surface area (Å²) in [6, 6.07) is 34.4. The maximum atomic E-state index is 14.7. The normalized spacial score (nSPS) is 20.1. The van der Waals surface area contributed by atoms with Gasteiger partial charge in [0, 0.05) is 44.1 Å². The van der Waals surface area contributed by atoms with Crippen LogP contribution in [0.4, 0.5) is 11.8 Å². The lowest BCUT2D eigenvalue weighted by Gasteiger charge is -2.37. The Bertz CT molecular complexity index is 3350. The first-order valence-corrected chi connectivity index (χ1v) is 26.6. The van der Waals surface area contributed by atoms with Crippen LogP contribution in [0.15, 0.2) is 137 Å². The van der Waals surface area contributed by atoms with Crippen LogP contribution in [0.2, 0.25) is 0 Å². The van der Waals surface area contributed by atoms with Crippen molar-refractivity contribution in [2.75, 3.05) is 44.7 Å². The number of ether oxygens (including phenoxy) is 6. The summed E-state index contributed by atoms with van der Waals surface area (Å²) < 4.78 is 66.9. The highest BCUT2D eigenvalue weighted by atomic mass is 31.2. The van der Waals surface area contributed by atoms with Gasteiger partial charge in [-0.25, -0.2) is 9.78 Å². The lowest BCUT2D eigenvalue weighted by Crippen LogP contribution is -2.38. The van der Waals surface area contributed by atoms with E-state index in [1.807, 2.05) is 78.9 Å². The molecule has 0 aliphatic carbocycles. The van der Waals surface area contributed by atoms with Crippen molar-refractivity contribution in [1.29, 1.82) is 0 Å². The summed E-state index contributed by atoms with van der Waals surface area (Å²) in [5.41, 5.74) is -0.0206. The smallest absolute Gasteiger partial charge is 0.351 e. The number of methoxy groups -OCH3 is 2. The van der Waals surface area contributed by atoms with Crippen LogP contribution in [-0.2, 0) is 47.8 Å². The number of nitrogens with one attached hydrogen (secondary N) is 3. The Hall–Kier alpha value is -7.85. The molecular formula is C54H57N8O14P. The van der Waals surface area contributed by atoms with Crippen LogP contribution < -0.4 is 31.4 Å². The van der Waals surface area contributed by atoms with Crippen molar-refractivity contribution in [2.24, 2.45) is 5.92 Å². The monoisotopic (exact) mass is 1070 g/mol. The van der Waals surface area contributed by atoms with Gasteiger partial charge in [-0.1, -0.05) is 86.6 Å². The van der Waals surface area contributed by atoms with Crippen LogP contribution in [0.25, 0.3) is 11.2 Å². The van der Waals surface area contributed by atoms with Gasteiger partial charge in [0.15, 0.2) is 11.2 Å². The number of carbonyl (C=O) groups excluding carboxylic acids is 3. The molecule has 2 aliphatic rings. The number of esters is 1. The Morgan fingerprint density at radius 3 is 1.95 bits per heavy atom. The first-order chi connectivity index (χ1) is 37.0. The fourth-order valence-electron chi connectivity index (χ4n) is 9.19. The van der Waals surface area contributed by atoms with Crippen molar-refractivity contribution < 1.29 is 56.4 Å². The molecule has 2 aliphatic heterocycles. The van der Waals surface area contributed by atoms with Crippen molar-refractivity contribution >= 4 is 48.3 Å². The standard InChI is InChI=1S/C54H57N8O14P/c1-32(2)49(64)59-52-58-48-47(51(66)60-52)55-31-62(48)46-28-41(42(74-46)29-71-54(35-15-11-8-12-16-35,36-17-21-38(69-4)22-18-36)37-19-23-39(70-5)24-20-37)76-77(6,68)72-30-43-40(73-33(3)63)27-45(75-43)61-26-25-44(57-53(61)67)56-50(65)34-13-9-7-10-14-34/h7-26,31-32,40-43,45-46H,27-30H2,1-6H3,(H,56,57,65,67)(H2,58,59,60,64,66)/t40-,41-,42+,43+,45+,46+,77?/m0/s1. The second-order valence-corrected chi connectivity index (χ2v) is 20.6. The van der Waals surface area contributed by atoms with Crippen LogP contribution in [0.5, 0.6) is 11.5 Å². The van der Waals surface area contributed by atoms with E-state index in [0.29, 0.717) is 17.1 Å². The Labute approximate surface area is 441 Å². The zero-order chi connectivity index (χ0) is 54.4. The number of aromatic nitrogens is 6. The third-order valence-corrected chi connectivity index (χ3v) is 14.3. The third-order valence-electron chi connectivity index (χ3n) is 13.0. The van der Waals surface area contributed by atoms with E-state index in [-0.39, 0.29) is 48.3 Å². The topological polar surface area (TPSA) is 265 Å². The third kappa shape index (κ3) is 12.1. The second kappa shape index (κ2) is 23.2. The number of imidazole rings is 1. The molecule has 0 saturated carbocycles. The summed E-state index contributed by atoms with van der Waals surface area (Å²) in [6.07, 6.45) is -3.20. The first-order valence-electron chi connectivity index (χ1n) is 24.6. The average Bonchev–Trinajstić information content (AvgIpc) is 4.17. The molecule has 0 radical (unpaired) electrons. The van der Waals surface area contributed by atoms with E-state index in [4.69, 9.17) is 37.5 Å². The molecule has 7 aromatic rings. The maximum absolute atomic E-state index is 14.7. The minimum atomic E-state index is -4.14. The predicted octanol–water partition coefficient (Wildman–Crippen LogP) is 6.98. The number of benzene rings is 4. The minimum absolute atomic E-state index is 0.00149. The Balaban J connectivity index is 1.01. The molecule has 22 nitrogen and oxygen atoms in total. The van der Waals surface area contributed by atoms with Crippen molar-refractivity contribution in [3.63, 3.8) is 0 Å². The van der Waals surface area contributed by atoms with Gasteiger partial charge < -0.3 is 42.8 Å². The van der Waals surface area contributed by atoms with Gasteiger partial charge in [0.1, 0.15) is 53.7 Å². The largest absolute Gasteiger partial charge is 0.497 e. The first kappa shape index (κ1) is 54.0. The molecule has 1 unspecified atom stereocenters. The molecule has 2 saturated heterocycles. The van der Waals surface area contributed by atoms with E-state index < -0.39 is 85.7 Å². The van der Waals surface area contributed by atoms with Gasteiger partial charge in [0.25, 0.3) is 11.5 Å². The summed E-state index contributed by atoms with van der Waals surface area (Å²) in [7, 11) is -0.980. The summed E-state index contributed by atoms with van der Waals surface area (Å²) >= 11 is 0. The molecule has 4 aromatic carbocycles. The molecule has 77 heavy (non-hydrogen) atoms. The second-order valence-electron chi connectivity index (χ2n) is 18.6. The summed E-state index contributed by atoms with van der Waals surface area (Å²) in [5.74, 6) is -0.725. The van der Waals surface area contributed by atoms with Crippen LogP contribution in [-0.4, -0.2) is 105 Å². The Kier molecular flexibility index (Phi) is 16.2. The van der Waals surface area contributed by atoms with Crippen LogP contribution in [0, 0.1) is 5.92 Å². The molecular weight excluding hydrogens is 1020 g/mol. The number of carbonyl (C=O) groups is 3. The number of fused-ring (bicyclic) bond motifs is 1. The van der Waals surface area contributed by atoms with Crippen molar-refractivity contribution in [3.8, 4) is 11.5 Å². The molecule has 402 valence electrons. The van der Waals surface area contributed by atoms with Crippen molar-refractivity contribution in [2.45, 2.75) is 76.1 Å². The number of H-pyrrole nitrogens is 1. The van der Waals surface area contributed by atoms with Gasteiger partial charge in [-0.15, -0.1) is 0 Å². The number of aromatic amines is 1. The van der Waals surface area contributed by atoms with Gasteiger partial charge in [0.2, 0.25) is 11.9 Å². The molecule has 0 bridgehead atoms. The van der Waals surface area contributed by atoms with E-state index >= 15 is 0 Å². The van der Waals surface area contributed by atoms with Crippen LogP contribution >= 0.6 is 7.60 Å². The summed E-state index contributed by atoms with van der Waals surface area (Å²) in [5, 5.41) is 5.24. The lowest BCUT2D eigenvalue weighted by molar-refractivity contribution is -0.150. The summed E-state index contributed by atoms with van der Waals surface area (Å²) in [6.45, 7) is 5.30. The van der Waals surface area contributed by atoms with E-state index in [1.165, 1.54) is 41.3 Å². The predicted molar refractivity (Wildman–Crippen MR) is 280 cm³/mol. The number of hydrogen-bond donors (Lipinski definition) is 3. The highest BCUT2D eigenvalue weighted by molar-refractivity contribution is 7.53. The lowest BCUT2D eigenvalue weighted by atomic mass is 9.80. The quantitative estimate of drug-likeness (QED) is 0.0395. The van der Waals surface area contributed by atoms with Crippen LogP contribution in [0.1, 0.15) is 73.1 Å². The maximum Gasteiger partial charge on any atom is 0.351 e. The number of amides is 2. The molecule has 3 N–H and O–H groups in total. The Morgan fingerprint density at radius 1 is 0.766 bits per heavy atom. The molecule has 2 amide bonds. The van der Waals surface area contributed by atoms with Gasteiger partial charge in [-0.05, 0) is 59.2 Å². The van der Waals surface area contributed by atoms with Crippen LogP contribution in [0.3, 0.4) is 0 Å². The number of hydrogen-bond acceptors (Lipinski definition) is 17. The molecule has 2 fully saturated rings. The Morgan fingerprint density at radius 2 is 1.35 bits per heavy atom. The van der Waals surface area contributed by atoms with Gasteiger partial charge in [0.05, 0.1) is 39.9 Å². The van der Waals surface area contributed by atoms with Gasteiger partial charge >= 0.3 is 19.3 Å². The van der Waals surface area contributed by atoms with Crippen molar-refractivity contribution in [1.82, 2.24) is 29.1 Å². The summed E-state index contributed by atoms with van der Waals surface area (Å²) in [4.78, 5) is 80.0. The van der Waals surface area contributed by atoms with Gasteiger partial charge in [-0.2, -0.15) is 9.97 Å². The van der Waals surface area contributed by atoms with Gasteiger partial charge in [-0.3, -0.25) is 43.2 Å². The van der Waals surface area contributed by atoms with E-state index in [0.717, 1.165) is 16.7 Å². The highest BCUT2D eigenvalue weighted by Crippen LogP contribution is 2.51. The molecule has 3 aromatic heterocycles. The molecule has 9 rings (SSSR count). The SMILES string of the molecule is COc1ccc(C(OC[C@H]2O[C@@H](n3cnc4c(=O)[nH]c(NC(=O)C(C)C)nc43)C[C@@H]2OP(C)(=O)OC[C@H]2O[C@@H](n3ccc(NC(=O)c4ccccc4)nc3=O)C[C@@H]2OC(C)=O)(c2ccccc2)c2ccc(OC)cc2)cc1. The number of rotatable bonds is 20.